The lowest BCUT2D eigenvalue weighted by molar-refractivity contribution is -0.129. The van der Waals surface area contributed by atoms with Gasteiger partial charge in [-0.3, -0.25) is 9.36 Å². The number of rotatable bonds is 6. The highest BCUT2D eigenvalue weighted by molar-refractivity contribution is 7.99. The molecular formula is C26H24N4O4S. The van der Waals surface area contributed by atoms with E-state index < -0.39 is 0 Å². The first-order chi connectivity index (χ1) is 17.3. The van der Waals surface area contributed by atoms with Crippen molar-refractivity contribution < 1.29 is 18.7 Å². The quantitative estimate of drug-likeness (QED) is 0.362. The highest BCUT2D eigenvalue weighted by Gasteiger charge is 2.31. The van der Waals surface area contributed by atoms with Gasteiger partial charge in [-0.2, -0.15) is 0 Å². The molecule has 4 aromatic rings. The van der Waals surface area contributed by atoms with Gasteiger partial charge in [0.15, 0.2) is 22.4 Å². The summed E-state index contributed by atoms with van der Waals surface area (Å²) in [5, 5.41) is 9.39. The fourth-order valence-corrected chi connectivity index (χ4v) is 5.46. The van der Waals surface area contributed by atoms with Crippen molar-refractivity contribution in [3.63, 3.8) is 0 Å². The van der Waals surface area contributed by atoms with Crippen LogP contribution in [0.1, 0.15) is 24.4 Å². The molecule has 6 rings (SSSR count). The van der Waals surface area contributed by atoms with Crippen LogP contribution in [0, 0.1) is 0 Å². The number of thioether (sulfide) groups is 1. The Kier molecular flexibility index (Phi) is 5.91. The number of hydrogen-bond donors (Lipinski definition) is 0. The largest absolute Gasteiger partial charge is 0.486 e. The molecule has 178 valence electrons. The van der Waals surface area contributed by atoms with Crippen LogP contribution in [0.3, 0.4) is 0 Å². The molecule has 2 aromatic heterocycles. The molecule has 9 heteroatoms. The Labute approximate surface area is 206 Å². The summed E-state index contributed by atoms with van der Waals surface area (Å²) in [6.45, 7) is 1.84. The zero-order valence-corrected chi connectivity index (χ0v) is 19.8. The van der Waals surface area contributed by atoms with Gasteiger partial charge in [0.25, 0.3) is 0 Å². The molecule has 35 heavy (non-hydrogen) atoms. The summed E-state index contributed by atoms with van der Waals surface area (Å²) in [5.74, 6) is 3.09. The molecular weight excluding hydrogens is 464 g/mol. The predicted molar refractivity (Wildman–Crippen MR) is 131 cm³/mol. The van der Waals surface area contributed by atoms with Crippen LogP contribution in [0.25, 0.3) is 17.3 Å². The van der Waals surface area contributed by atoms with Crippen LogP contribution in [0.2, 0.25) is 0 Å². The Morgan fingerprint density at radius 1 is 1.00 bits per heavy atom. The highest BCUT2D eigenvalue weighted by atomic mass is 32.2. The molecule has 1 atom stereocenters. The topological polar surface area (TPSA) is 82.6 Å². The van der Waals surface area contributed by atoms with E-state index in [4.69, 9.17) is 13.9 Å². The molecule has 4 heterocycles. The predicted octanol–water partition coefficient (Wildman–Crippen LogP) is 4.75. The maximum atomic E-state index is 13.3. The number of carbonyl (C=O) groups excluding carboxylic acids is 1. The average molecular weight is 489 g/mol. The molecule has 0 aliphatic carbocycles. The maximum Gasteiger partial charge on any atom is 0.233 e. The molecule has 2 aliphatic heterocycles. The molecule has 2 aromatic carbocycles. The fraction of sp³-hybridized carbons (Fsp3) is 0.269. The summed E-state index contributed by atoms with van der Waals surface area (Å²) in [6, 6.07) is 19.6. The highest BCUT2D eigenvalue weighted by Crippen LogP contribution is 2.38. The van der Waals surface area contributed by atoms with Gasteiger partial charge < -0.3 is 18.8 Å². The zero-order chi connectivity index (χ0) is 23.6. The van der Waals surface area contributed by atoms with Gasteiger partial charge in [0, 0.05) is 12.2 Å². The average Bonchev–Trinajstić information content (AvgIpc) is 3.68. The van der Waals surface area contributed by atoms with Crippen molar-refractivity contribution in [3.05, 3.63) is 72.5 Å². The Balaban J connectivity index is 1.22. The van der Waals surface area contributed by atoms with Crippen LogP contribution >= 0.6 is 11.8 Å². The number of hydrogen-bond acceptors (Lipinski definition) is 7. The summed E-state index contributed by atoms with van der Waals surface area (Å²) < 4.78 is 18.9. The van der Waals surface area contributed by atoms with Crippen LogP contribution in [-0.2, 0) is 4.79 Å². The number of benzene rings is 2. The van der Waals surface area contributed by atoms with Crippen molar-refractivity contribution in [2.45, 2.75) is 24.0 Å². The summed E-state index contributed by atoms with van der Waals surface area (Å²) >= 11 is 1.39. The first kappa shape index (κ1) is 21.8. The van der Waals surface area contributed by atoms with Crippen molar-refractivity contribution >= 4 is 17.7 Å². The molecule has 1 amide bonds. The molecule has 0 radical (unpaired) electrons. The third-order valence-corrected chi connectivity index (χ3v) is 7.15. The molecule has 0 unspecified atom stereocenters. The van der Waals surface area contributed by atoms with Gasteiger partial charge in [-0.05, 0) is 54.8 Å². The molecule has 1 saturated heterocycles. The Morgan fingerprint density at radius 2 is 1.86 bits per heavy atom. The number of aromatic nitrogens is 3. The lowest BCUT2D eigenvalue weighted by Crippen LogP contribution is -2.32. The van der Waals surface area contributed by atoms with Gasteiger partial charge >= 0.3 is 0 Å². The van der Waals surface area contributed by atoms with Gasteiger partial charge in [-0.25, -0.2) is 0 Å². The lowest BCUT2D eigenvalue weighted by atomic mass is 10.0. The standard InChI is InChI=1S/C26H24N4O4S/c31-24(29-12-4-8-20(29)18-10-11-21-23(16-18)34-15-14-33-21)17-35-26-28-27-25(22-9-5-13-32-22)30(26)19-6-2-1-3-7-19/h1-3,5-7,9-11,13,16,20H,4,8,12,14-15,17H2/t20-/m1/s1. The van der Waals surface area contributed by atoms with E-state index in [0.29, 0.717) is 30.0 Å². The van der Waals surface area contributed by atoms with E-state index in [9.17, 15) is 4.79 Å². The summed E-state index contributed by atoms with van der Waals surface area (Å²) in [4.78, 5) is 15.3. The van der Waals surface area contributed by atoms with Gasteiger partial charge in [0.1, 0.15) is 13.2 Å². The lowest BCUT2D eigenvalue weighted by Gasteiger charge is -2.26. The van der Waals surface area contributed by atoms with Crippen LogP contribution in [0.5, 0.6) is 11.5 Å². The monoisotopic (exact) mass is 488 g/mol. The van der Waals surface area contributed by atoms with Gasteiger partial charge in [0.05, 0.1) is 18.1 Å². The van der Waals surface area contributed by atoms with Crippen LogP contribution in [0.15, 0.2) is 76.5 Å². The zero-order valence-electron chi connectivity index (χ0n) is 19.0. The van der Waals surface area contributed by atoms with Crippen molar-refractivity contribution in [2.24, 2.45) is 0 Å². The second-order valence-electron chi connectivity index (χ2n) is 8.39. The molecule has 0 N–H and O–H groups in total. The van der Waals surface area contributed by atoms with E-state index in [-0.39, 0.29) is 17.7 Å². The van der Waals surface area contributed by atoms with E-state index in [1.54, 1.807) is 6.26 Å². The van der Waals surface area contributed by atoms with E-state index in [0.717, 1.165) is 42.1 Å². The summed E-state index contributed by atoms with van der Waals surface area (Å²) in [5.41, 5.74) is 1.99. The molecule has 1 fully saturated rings. The number of ether oxygens (including phenoxy) is 2. The number of fused-ring (bicyclic) bond motifs is 1. The maximum absolute atomic E-state index is 13.3. The number of amides is 1. The Bertz CT molecular complexity index is 1320. The first-order valence-electron chi connectivity index (χ1n) is 11.6. The van der Waals surface area contributed by atoms with Crippen molar-refractivity contribution in [1.29, 1.82) is 0 Å². The summed E-state index contributed by atoms with van der Waals surface area (Å²) in [7, 11) is 0. The smallest absolute Gasteiger partial charge is 0.233 e. The molecule has 0 bridgehead atoms. The molecule has 0 saturated carbocycles. The van der Waals surface area contributed by atoms with Crippen molar-refractivity contribution in [3.8, 4) is 28.8 Å². The van der Waals surface area contributed by atoms with Gasteiger partial charge in [-0.1, -0.05) is 36.0 Å². The minimum atomic E-state index is 0.0320. The SMILES string of the molecule is O=C(CSc1nnc(-c2ccco2)n1-c1ccccc1)N1CCC[C@@H]1c1ccc2c(c1)OCCO2. The second-order valence-corrected chi connectivity index (χ2v) is 9.33. The number of likely N-dealkylation sites (tertiary alicyclic amines) is 1. The number of nitrogens with zero attached hydrogens (tertiary/aromatic N) is 4. The minimum absolute atomic E-state index is 0.0320. The van der Waals surface area contributed by atoms with E-state index >= 15 is 0 Å². The molecule has 8 nitrogen and oxygen atoms in total. The third-order valence-electron chi connectivity index (χ3n) is 6.24. The van der Waals surface area contributed by atoms with E-state index in [1.807, 2.05) is 70.1 Å². The van der Waals surface area contributed by atoms with Crippen molar-refractivity contribution in [1.82, 2.24) is 19.7 Å². The Hall–Kier alpha value is -3.72. The van der Waals surface area contributed by atoms with E-state index in [2.05, 4.69) is 10.2 Å². The molecule has 0 spiro atoms. The minimum Gasteiger partial charge on any atom is -0.486 e. The fourth-order valence-electron chi connectivity index (χ4n) is 4.63. The first-order valence-corrected chi connectivity index (χ1v) is 12.6. The van der Waals surface area contributed by atoms with Crippen LogP contribution < -0.4 is 9.47 Å². The van der Waals surface area contributed by atoms with Gasteiger partial charge in [-0.15, -0.1) is 10.2 Å². The molecule has 2 aliphatic rings. The van der Waals surface area contributed by atoms with E-state index in [1.165, 1.54) is 11.8 Å². The third kappa shape index (κ3) is 4.27. The normalized spacial score (nSPS) is 17.0. The van der Waals surface area contributed by atoms with Crippen LogP contribution in [0.4, 0.5) is 0 Å². The summed E-state index contributed by atoms with van der Waals surface area (Å²) in [6.07, 6.45) is 3.51. The van der Waals surface area contributed by atoms with Crippen molar-refractivity contribution in [2.75, 3.05) is 25.5 Å². The second kappa shape index (κ2) is 9.50. The number of carbonyl (C=O) groups is 1. The Morgan fingerprint density at radius 3 is 2.69 bits per heavy atom. The number of para-hydroxylation sites is 1. The van der Waals surface area contributed by atoms with Crippen LogP contribution in [-0.4, -0.2) is 51.1 Å². The van der Waals surface area contributed by atoms with Gasteiger partial charge in [0.2, 0.25) is 11.7 Å². The number of furan rings is 1.